The Kier molecular flexibility index (Phi) is 10.7. The highest BCUT2D eigenvalue weighted by Gasteiger charge is 2.33. The number of likely N-dealkylation sites (N-methyl/N-ethyl adjacent to an activating group) is 1. The second kappa shape index (κ2) is 13.7. The van der Waals surface area contributed by atoms with Crippen molar-refractivity contribution in [3.63, 3.8) is 0 Å². The first-order valence-electron chi connectivity index (χ1n) is 12.3. The topological polar surface area (TPSA) is 105 Å². The van der Waals surface area contributed by atoms with Crippen LogP contribution in [0.15, 0.2) is 71.6 Å². The van der Waals surface area contributed by atoms with Gasteiger partial charge in [0.2, 0.25) is 11.8 Å². The molecule has 0 fully saturated rings. The van der Waals surface area contributed by atoms with E-state index < -0.39 is 28.5 Å². The summed E-state index contributed by atoms with van der Waals surface area (Å²) < 4.78 is 39.5. The second-order valence-corrected chi connectivity index (χ2v) is 11.5. The number of carbonyl (C=O) groups excluding carboxylic acids is 2. The van der Waals surface area contributed by atoms with Crippen molar-refractivity contribution in [1.29, 1.82) is 0 Å². The van der Waals surface area contributed by atoms with Crippen molar-refractivity contribution in [1.82, 2.24) is 10.2 Å². The fourth-order valence-corrected chi connectivity index (χ4v) is 5.61. The Balaban J connectivity index is 2.06. The molecule has 0 radical (unpaired) electrons. The number of halogens is 2. The Labute approximate surface area is 244 Å². The molecule has 0 aliphatic heterocycles. The van der Waals surface area contributed by atoms with Gasteiger partial charge in [-0.05, 0) is 67.9 Å². The largest absolute Gasteiger partial charge is 0.493 e. The van der Waals surface area contributed by atoms with Gasteiger partial charge >= 0.3 is 0 Å². The van der Waals surface area contributed by atoms with Crippen LogP contribution in [0.2, 0.25) is 10.0 Å². The Morgan fingerprint density at radius 3 is 2.02 bits per heavy atom. The summed E-state index contributed by atoms with van der Waals surface area (Å²) in [5.74, 6) is -0.404. The molecule has 3 rings (SSSR count). The van der Waals surface area contributed by atoms with Crippen LogP contribution >= 0.6 is 23.2 Å². The van der Waals surface area contributed by atoms with Gasteiger partial charge in [-0.1, -0.05) is 35.3 Å². The summed E-state index contributed by atoms with van der Waals surface area (Å²) in [5, 5.41) is 3.64. The summed E-state index contributed by atoms with van der Waals surface area (Å²) in [7, 11) is -1.46. The predicted octanol–water partition coefficient (Wildman–Crippen LogP) is 4.76. The van der Waals surface area contributed by atoms with Crippen LogP contribution in [-0.4, -0.2) is 58.5 Å². The number of nitrogens with one attached hydrogen (secondary N) is 1. The summed E-state index contributed by atoms with van der Waals surface area (Å²) in [6.45, 7) is 3.20. The SMILES string of the molecule is CCNC(=O)[C@@H](C)N(Cc1ccc(Cl)cc1)C(=O)CN(c1ccc(Cl)cc1)S(=O)(=O)c1ccc(OC)c(OC)c1. The fourth-order valence-electron chi connectivity index (χ4n) is 3.93. The van der Waals surface area contributed by atoms with Crippen LogP contribution in [0.1, 0.15) is 19.4 Å². The van der Waals surface area contributed by atoms with Gasteiger partial charge in [0.15, 0.2) is 11.5 Å². The van der Waals surface area contributed by atoms with Gasteiger partial charge in [-0.15, -0.1) is 0 Å². The lowest BCUT2D eigenvalue weighted by atomic mass is 10.1. The van der Waals surface area contributed by atoms with Gasteiger partial charge in [-0.25, -0.2) is 8.42 Å². The molecular weight excluding hydrogens is 577 g/mol. The first kappa shape index (κ1) is 31.1. The lowest BCUT2D eigenvalue weighted by molar-refractivity contribution is -0.139. The quantitative estimate of drug-likeness (QED) is 0.318. The zero-order chi connectivity index (χ0) is 29.4. The normalized spacial score (nSPS) is 11.8. The number of rotatable bonds is 12. The summed E-state index contributed by atoms with van der Waals surface area (Å²) in [5.41, 5.74) is 0.930. The van der Waals surface area contributed by atoms with Crippen LogP contribution in [0.25, 0.3) is 0 Å². The molecule has 0 heterocycles. The molecule has 0 unspecified atom stereocenters. The van der Waals surface area contributed by atoms with Crippen LogP contribution in [-0.2, 0) is 26.2 Å². The molecule has 0 aromatic heterocycles. The molecule has 3 aromatic rings. The molecule has 3 aromatic carbocycles. The maximum Gasteiger partial charge on any atom is 0.264 e. The van der Waals surface area contributed by atoms with Crippen LogP contribution in [0.3, 0.4) is 0 Å². The number of sulfonamides is 1. The van der Waals surface area contributed by atoms with Crippen LogP contribution < -0.4 is 19.1 Å². The lowest BCUT2D eigenvalue weighted by Crippen LogP contribution is -2.51. The minimum atomic E-state index is -4.30. The average molecular weight is 609 g/mol. The number of anilines is 1. The van der Waals surface area contributed by atoms with Gasteiger partial charge < -0.3 is 19.7 Å². The number of carbonyl (C=O) groups is 2. The van der Waals surface area contributed by atoms with Gasteiger partial charge in [-0.2, -0.15) is 0 Å². The maximum absolute atomic E-state index is 14.0. The van der Waals surface area contributed by atoms with E-state index in [0.29, 0.717) is 22.3 Å². The van der Waals surface area contributed by atoms with Crippen molar-refractivity contribution in [3.05, 3.63) is 82.3 Å². The van der Waals surface area contributed by atoms with E-state index in [-0.39, 0.29) is 28.8 Å². The summed E-state index contributed by atoms with van der Waals surface area (Å²) in [6.07, 6.45) is 0. The Morgan fingerprint density at radius 1 is 0.900 bits per heavy atom. The number of benzene rings is 3. The third kappa shape index (κ3) is 7.38. The zero-order valence-electron chi connectivity index (χ0n) is 22.6. The van der Waals surface area contributed by atoms with Gasteiger partial charge in [0, 0.05) is 29.2 Å². The van der Waals surface area contributed by atoms with Gasteiger partial charge in [0.05, 0.1) is 24.8 Å². The minimum Gasteiger partial charge on any atom is -0.493 e. The standard InChI is InChI=1S/C28H31Cl2N3O6S/c1-5-31-28(35)19(2)32(17-20-6-8-21(29)9-7-20)27(34)18-33(23-12-10-22(30)11-13-23)40(36,37)24-14-15-25(38-3)26(16-24)39-4/h6-16,19H,5,17-18H2,1-4H3,(H,31,35)/t19-/m1/s1. The second-order valence-electron chi connectivity index (χ2n) is 8.72. The predicted molar refractivity (Wildman–Crippen MR) is 156 cm³/mol. The number of amides is 2. The zero-order valence-corrected chi connectivity index (χ0v) is 24.9. The van der Waals surface area contributed by atoms with Crippen molar-refractivity contribution in [2.45, 2.75) is 31.3 Å². The highest BCUT2D eigenvalue weighted by Crippen LogP contribution is 2.32. The molecule has 0 aliphatic rings. The first-order valence-corrected chi connectivity index (χ1v) is 14.5. The molecule has 0 saturated carbocycles. The van der Waals surface area contributed by atoms with E-state index in [0.717, 1.165) is 9.87 Å². The Bertz CT molecular complexity index is 1430. The van der Waals surface area contributed by atoms with E-state index >= 15 is 0 Å². The number of methoxy groups -OCH3 is 2. The van der Waals surface area contributed by atoms with E-state index in [1.165, 1.54) is 61.6 Å². The molecule has 1 N–H and O–H groups in total. The summed E-state index contributed by atoms with van der Waals surface area (Å²) >= 11 is 12.1. The maximum atomic E-state index is 14.0. The van der Waals surface area contributed by atoms with E-state index in [1.54, 1.807) is 38.1 Å². The van der Waals surface area contributed by atoms with Crippen LogP contribution in [0, 0.1) is 0 Å². The summed E-state index contributed by atoms with van der Waals surface area (Å²) in [6, 6.07) is 16.2. The molecule has 2 amide bonds. The highest BCUT2D eigenvalue weighted by atomic mass is 35.5. The van der Waals surface area contributed by atoms with Crippen molar-refractivity contribution >= 4 is 50.7 Å². The first-order chi connectivity index (χ1) is 19.0. The van der Waals surface area contributed by atoms with E-state index in [4.69, 9.17) is 32.7 Å². The van der Waals surface area contributed by atoms with Gasteiger partial charge in [0.25, 0.3) is 10.0 Å². The Hall–Kier alpha value is -3.47. The Morgan fingerprint density at radius 2 is 1.48 bits per heavy atom. The van der Waals surface area contributed by atoms with E-state index in [9.17, 15) is 18.0 Å². The molecule has 0 bridgehead atoms. The van der Waals surface area contributed by atoms with Crippen molar-refractivity contribution < 1.29 is 27.5 Å². The number of hydrogen-bond donors (Lipinski definition) is 1. The fraction of sp³-hybridized carbons (Fsp3) is 0.286. The molecular formula is C28H31Cl2N3O6S. The highest BCUT2D eigenvalue weighted by molar-refractivity contribution is 7.92. The molecule has 0 aliphatic carbocycles. The number of nitrogens with zero attached hydrogens (tertiary/aromatic N) is 2. The van der Waals surface area contributed by atoms with E-state index in [2.05, 4.69) is 5.32 Å². The number of ether oxygens (including phenoxy) is 2. The number of hydrogen-bond acceptors (Lipinski definition) is 6. The average Bonchev–Trinajstić information content (AvgIpc) is 2.95. The van der Waals surface area contributed by atoms with Gasteiger partial charge in [0.1, 0.15) is 12.6 Å². The smallest absolute Gasteiger partial charge is 0.264 e. The van der Waals surface area contributed by atoms with Crippen LogP contribution in [0.4, 0.5) is 5.69 Å². The molecule has 9 nitrogen and oxygen atoms in total. The molecule has 0 saturated heterocycles. The minimum absolute atomic E-state index is 0.0547. The van der Waals surface area contributed by atoms with Crippen LogP contribution in [0.5, 0.6) is 11.5 Å². The van der Waals surface area contributed by atoms with Crippen molar-refractivity contribution in [3.8, 4) is 11.5 Å². The molecule has 214 valence electrons. The van der Waals surface area contributed by atoms with Gasteiger partial charge in [-0.3, -0.25) is 13.9 Å². The monoisotopic (exact) mass is 607 g/mol. The molecule has 12 heteroatoms. The van der Waals surface area contributed by atoms with E-state index in [1.807, 2.05) is 0 Å². The van der Waals surface area contributed by atoms with Crippen molar-refractivity contribution in [2.75, 3.05) is 31.6 Å². The molecule has 1 atom stereocenters. The summed E-state index contributed by atoms with van der Waals surface area (Å²) in [4.78, 5) is 27.9. The molecule has 0 spiro atoms. The van der Waals surface area contributed by atoms with Crippen molar-refractivity contribution in [2.24, 2.45) is 0 Å². The lowest BCUT2D eigenvalue weighted by Gasteiger charge is -2.32. The molecule has 40 heavy (non-hydrogen) atoms. The third-order valence-corrected chi connectivity index (χ3v) is 8.39. The third-order valence-electron chi connectivity index (χ3n) is 6.12.